The van der Waals surface area contributed by atoms with Crippen molar-refractivity contribution in [2.45, 2.75) is 104 Å². The molecule has 1 heterocycles. The average Bonchev–Trinajstić information content (AvgIpc) is 3.06. The quantitative estimate of drug-likeness (QED) is 0.114. The van der Waals surface area contributed by atoms with Gasteiger partial charge >= 0.3 is 202 Å². The second-order valence-electron chi connectivity index (χ2n) is 13.4. The molecule has 0 saturated heterocycles. The second kappa shape index (κ2) is 14.8. The number of phenols is 1. The van der Waals surface area contributed by atoms with Crippen LogP contribution in [0.4, 0.5) is 0 Å². The van der Waals surface area contributed by atoms with Crippen molar-refractivity contribution in [2.75, 3.05) is 6.16 Å². The van der Waals surface area contributed by atoms with Gasteiger partial charge in [-0.15, -0.1) is 0 Å². The Bertz CT molecular complexity index is 1390. The monoisotopic (exact) mass is 608 g/mol. The van der Waals surface area contributed by atoms with Gasteiger partial charge in [0.05, 0.1) is 0 Å². The summed E-state index contributed by atoms with van der Waals surface area (Å²) in [5, 5.41) is 15.1. The van der Waals surface area contributed by atoms with Crippen molar-refractivity contribution in [3.05, 3.63) is 113 Å². The number of hydrogen-bond donors (Lipinski definition) is 1. The number of ether oxygens (including phenoxy) is 1. The van der Waals surface area contributed by atoms with Gasteiger partial charge in [0.25, 0.3) is 0 Å². The Kier molecular flexibility index (Phi) is 10.9. The van der Waals surface area contributed by atoms with Crippen LogP contribution in [0.25, 0.3) is 0 Å². The Morgan fingerprint density at radius 2 is 1.07 bits per heavy atom. The minimum absolute atomic E-state index is 0.0970. The van der Waals surface area contributed by atoms with E-state index in [1.165, 1.54) is 79.0 Å². The van der Waals surface area contributed by atoms with Crippen molar-refractivity contribution in [2.24, 2.45) is 0 Å². The van der Waals surface area contributed by atoms with Crippen LogP contribution in [0.1, 0.15) is 93.4 Å². The van der Waals surface area contributed by atoms with Crippen LogP contribution in [0.5, 0.6) is 11.5 Å². The first kappa shape index (κ1) is 32.3. The molecule has 2 nitrogen and oxygen atoms in total. The zero-order chi connectivity index (χ0) is 31.0. The van der Waals surface area contributed by atoms with Gasteiger partial charge in [-0.25, -0.2) is 0 Å². The van der Waals surface area contributed by atoms with E-state index in [9.17, 15) is 5.11 Å². The summed E-state index contributed by atoms with van der Waals surface area (Å²) < 4.78 is 6.65. The number of rotatable bonds is 14. The molecule has 4 aromatic carbocycles. The van der Waals surface area contributed by atoms with Gasteiger partial charge in [0.15, 0.2) is 0 Å². The number of aromatic hydroxyl groups is 1. The maximum absolute atomic E-state index is 10.5. The van der Waals surface area contributed by atoms with Crippen LogP contribution in [0.15, 0.2) is 91.0 Å². The fourth-order valence-corrected chi connectivity index (χ4v) is 12.5. The van der Waals surface area contributed by atoms with E-state index in [0.717, 1.165) is 41.7 Å². The summed E-state index contributed by atoms with van der Waals surface area (Å²) in [6, 6.07) is 34.0. The summed E-state index contributed by atoms with van der Waals surface area (Å²) in [5.41, 5.74) is 4.17. The summed E-state index contributed by atoms with van der Waals surface area (Å²) in [6.45, 7) is 8.41. The van der Waals surface area contributed by atoms with Crippen LogP contribution in [-0.4, -0.2) is 16.9 Å². The molecule has 234 valence electrons. The van der Waals surface area contributed by atoms with Crippen molar-refractivity contribution >= 4 is 23.2 Å². The topological polar surface area (TPSA) is 29.5 Å². The third-order valence-electron chi connectivity index (χ3n) is 10.4. The Labute approximate surface area is 267 Å². The van der Waals surface area contributed by atoms with Gasteiger partial charge in [0.2, 0.25) is 0 Å². The Morgan fingerprint density at radius 1 is 0.614 bits per heavy atom. The summed E-state index contributed by atoms with van der Waals surface area (Å²) in [5.74, 6) is 1.48. The average molecular weight is 609 g/mol. The van der Waals surface area contributed by atoms with Crippen LogP contribution in [-0.2, 0) is 6.42 Å². The van der Waals surface area contributed by atoms with Gasteiger partial charge in [0, 0.05) is 5.56 Å². The van der Waals surface area contributed by atoms with Crippen molar-refractivity contribution in [1.29, 1.82) is 0 Å². The number of hydrogen-bond acceptors (Lipinski definition) is 2. The first-order chi connectivity index (χ1) is 21.4. The van der Waals surface area contributed by atoms with Crippen molar-refractivity contribution in [3.63, 3.8) is 0 Å². The zero-order valence-corrected chi connectivity index (χ0v) is 28.5. The zero-order valence-electron chi connectivity index (χ0n) is 27.5. The summed E-state index contributed by atoms with van der Waals surface area (Å²) in [7, 11) is -2.09. The first-order valence-corrected chi connectivity index (χ1v) is 19.2. The molecule has 1 aliphatic heterocycles. The molecule has 44 heavy (non-hydrogen) atoms. The standard InChI is InChI=1S/C41H53O2P/c1-32-33(2)40-38(34(3)39(32)42)28-30-41(4,43-40)29-20-9-7-5-6-8-10-21-31-44(35-22-14-11-15-23-35,36-24-16-12-17-25-36)37-26-18-13-19-27-37/h11-19,22-27,42,44H,5-10,20-21,28-31H2,1-4H3. The molecule has 0 aliphatic carbocycles. The molecule has 0 aromatic heterocycles. The van der Waals surface area contributed by atoms with Gasteiger partial charge in [-0.1, -0.05) is 0 Å². The van der Waals surface area contributed by atoms with E-state index in [-0.39, 0.29) is 5.60 Å². The summed E-state index contributed by atoms with van der Waals surface area (Å²) >= 11 is 0. The predicted octanol–water partition coefficient (Wildman–Crippen LogP) is 9.64. The summed E-state index contributed by atoms with van der Waals surface area (Å²) in [4.78, 5) is 0. The normalized spacial score (nSPS) is 16.7. The Hall–Kier alpha value is -3.09. The van der Waals surface area contributed by atoms with E-state index >= 15 is 0 Å². The van der Waals surface area contributed by atoms with Gasteiger partial charge in [-0.05, 0) is 43.9 Å². The summed E-state index contributed by atoms with van der Waals surface area (Å²) in [6.07, 6.45) is 14.8. The maximum atomic E-state index is 10.5. The number of fused-ring (bicyclic) bond motifs is 1. The molecule has 0 saturated carbocycles. The molecule has 0 radical (unpaired) electrons. The molecule has 0 amide bonds. The van der Waals surface area contributed by atoms with Crippen molar-refractivity contribution in [1.82, 2.24) is 0 Å². The molecule has 1 unspecified atom stereocenters. The Balaban J connectivity index is 1.09. The second-order valence-corrected chi connectivity index (χ2v) is 17.5. The van der Waals surface area contributed by atoms with Gasteiger partial charge < -0.3 is 5.11 Å². The minimum atomic E-state index is -2.09. The van der Waals surface area contributed by atoms with E-state index in [0.29, 0.717) is 5.75 Å². The first-order valence-electron chi connectivity index (χ1n) is 17.0. The molecule has 3 heteroatoms. The van der Waals surface area contributed by atoms with E-state index < -0.39 is 7.26 Å². The number of phenolic OH excluding ortho intramolecular Hbond substituents is 1. The number of benzene rings is 4. The van der Waals surface area contributed by atoms with E-state index in [4.69, 9.17) is 4.74 Å². The van der Waals surface area contributed by atoms with Gasteiger partial charge in [-0.3, -0.25) is 0 Å². The third kappa shape index (κ3) is 7.07. The van der Waals surface area contributed by atoms with Gasteiger partial charge in [0.1, 0.15) is 11.5 Å². The molecular formula is C41H53O2P. The number of unbranched alkanes of at least 4 members (excludes halogenated alkanes) is 7. The molecular weight excluding hydrogens is 555 g/mol. The Morgan fingerprint density at radius 3 is 1.57 bits per heavy atom. The van der Waals surface area contributed by atoms with E-state index in [1.807, 2.05) is 13.8 Å². The van der Waals surface area contributed by atoms with Crippen LogP contribution >= 0.6 is 7.26 Å². The molecule has 0 bridgehead atoms. The molecule has 0 fully saturated rings. The van der Waals surface area contributed by atoms with Crippen LogP contribution < -0.4 is 20.7 Å². The SMILES string of the molecule is Cc1c(C)c2c(c(C)c1O)CCC(C)(CCCCCCCCCC[PH](c1ccccc1)(c1ccccc1)c1ccccc1)O2. The van der Waals surface area contributed by atoms with Crippen LogP contribution in [0.2, 0.25) is 0 Å². The molecule has 1 N–H and O–H groups in total. The molecule has 1 aliphatic rings. The third-order valence-corrected chi connectivity index (χ3v) is 15.5. The predicted molar refractivity (Wildman–Crippen MR) is 193 cm³/mol. The molecule has 0 spiro atoms. The molecule has 1 atom stereocenters. The van der Waals surface area contributed by atoms with E-state index in [1.54, 1.807) is 0 Å². The van der Waals surface area contributed by atoms with Crippen molar-refractivity contribution < 1.29 is 9.84 Å². The van der Waals surface area contributed by atoms with Crippen molar-refractivity contribution in [3.8, 4) is 11.5 Å². The fraction of sp³-hybridized carbons (Fsp3) is 0.415. The van der Waals surface area contributed by atoms with E-state index in [2.05, 4.69) is 105 Å². The van der Waals surface area contributed by atoms with Crippen LogP contribution in [0.3, 0.4) is 0 Å². The fourth-order valence-electron chi connectivity index (χ4n) is 7.52. The van der Waals surface area contributed by atoms with Crippen LogP contribution in [0, 0.1) is 20.8 Å². The molecule has 5 rings (SSSR count). The van der Waals surface area contributed by atoms with Gasteiger partial charge in [-0.2, -0.15) is 0 Å². The molecule has 4 aromatic rings.